The molecule has 1 heterocycles. The van der Waals surface area contributed by atoms with Gasteiger partial charge in [-0.15, -0.1) is 11.7 Å². The minimum absolute atomic E-state index is 0.151. The normalized spacial score (nSPS) is 10.2. The van der Waals surface area contributed by atoms with E-state index in [4.69, 9.17) is 0 Å². The Morgan fingerprint density at radius 3 is 3.00 bits per heavy atom. The molecule has 0 saturated carbocycles. The lowest BCUT2D eigenvalue weighted by molar-refractivity contribution is 0.0947. The molecule has 0 aliphatic carbocycles. The molecule has 7 heteroatoms. The van der Waals surface area contributed by atoms with Crippen molar-refractivity contribution >= 4 is 17.4 Å². The fourth-order valence-corrected chi connectivity index (χ4v) is 1.33. The van der Waals surface area contributed by atoms with Crippen molar-refractivity contribution in [2.24, 2.45) is 0 Å². The van der Waals surface area contributed by atoms with Crippen molar-refractivity contribution in [1.29, 1.82) is 0 Å². The Kier molecular flexibility index (Phi) is 3.63. The fourth-order valence-electron chi connectivity index (χ4n) is 0.743. The molecule has 0 aliphatic heterocycles. The van der Waals surface area contributed by atoms with E-state index in [1.54, 1.807) is 0 Å². The van der Waals surface area contributed by atoms with Gasteiger partial charge in [0.05, 0.1) is 0 Å². The number of hydrogen-bond donors (Lipinski definition) is 1. The van der Waals surface area contributed by atoms with Gasteiger partial charge in [0.25, 0.3) is 12.3 Å². The van der Waals surface area contributed by atoms with Crippen LogP contribution in [0.5, 0.6) is 0 Å². The monoisotopic (exact) mass is 219 g/mol. The Hall–Kier alpha value is -1.37. The first kappa shape index (κ1) is 10.7. The van der Waals surface area contributed by atoms with Crippen molar-refractivity contribution in [2.45, 2.75) is 6.43 Å². The highest BCUT2D eigenvalue weighted by molar-refractivity contribution is 7.08. The first-order chi connectivity index (χ1) is 6.66. The summed E-state index contributed by atoms with van der Waals surface area (Å²) in [6, 6.07) is 0. The molecule has 0 bridgehead atoms. The lowest BCUT2D eigenvalue weighted by Crippen LogP contribution is -2.23. The van der Waals surface area contributed by atoms with E-state index in [2.05, 4.69) is 21.5 Å². The van der Waals surface area contributed by atoms with E-state index < -0.39 is 18.0 Å². The predicted molar refractivity (Wildman–Crippen MR) is 47.4 cm³/mol. The molecular formula is C7H7F2N3OS. The highest BCUT2D eigenvalue weighted by atomic mass is 32.1. The van der Waals surface area contributed by atoms with E-state index in [1.165, 1.54) is 6.08 Å². The molecule has 0 atom stereocenters. The van der Waals surface area contributed by atoms with E-state index in [1.807, 2.05) is 0 Å². The standard InChI is InChI=1S/C7H7F2N3OS/c1-2-3-10-7(13)5-4(6(8)9)11-12-14-5/h2,6H,1,3H2,(H,10,13). The summed E-state index contributed by atoms with van der Waals surface area (Å²) in [5, 5.41) is 5.55. The minimum atomic E-state index is -2.78. The van der Waals surface area contributed by atoms with Crippen LogP contribution in [0.2, 0.25) is 0 Å². The number of alkyl halides is 2. The Labute approximate surface area is 82.8 Å². The second-order valence-corrected chi connectivity index (χ2v) is 3.04. The number of aromatic nitrogens is 2. The number of halogens is 2. The highest BCUT2D eigenvalue weighted by Gasteiger charge is 2.22. The van der Waals surface area contributed by atoms with E-state index in [0.717, 1.165) is 0 Å². The average Bonchev–Trinajstić information content (AvgIpc) is 2.62. The number of hydrogen-bond acceptors (Lipinski definition) is 4. The van der Waals surface area contributed by atoms with E-state index in [9.17, 15) is 13.6 Å². The highest BCUT2D eigenvalue weighted by Crippen LogP contribution is 2.22. The summed E-state index contributed by atoms with van der Waals surface area (Å²) < 4.78 is 27.8. The van der Waals surface area contributed by atoms with Crippen molar-refractivity contribution in [1.82, 2.24) is 14.9 Å². The first-order valence-electron chi connectivity index (χ1n) is 3.66. The van der Waals surface area contributed by atoms with Gasteiger partial charge in [0.2, 0.25) is 0 Å². The van der Waals surface area contributed by atoms with Crippen LogP contribution in [0.4, 0.5) is 8.78 Å². The fraction of sp³-hybridized carbons (Fsp3) is 0.286. The number of nitrogens with zero attached hydrogens (tertiary/aromatic N) is 2. The summed E-state index contributed by atoms with van der Waals surface area (Å²) in [4.78, 5) is 11.1. The molecule has 1 rings (SSSR count). The van der Waals surface area contributed by atoms with Gasteiger partial charge in [0.1, 0.15) is 4.88 Å². The summed E-state index contributed by atoms with van der Waals surface area (Å²) >= 11 is 0.649. The third-order valence-corrected chi connectivity index (χ3v) is 2.07. The molecule has 0 spiro atoms. The second kappa shape index (κ2) is 4.75. The molecule has 0 unspecified atom stereocenters. The van der Waals surface area contributed by atoms with Crippen LogP contribution in [0.15, 0.2) is 12.7 Å². The third-order valence-electron chi connectivity index (χ3n) is 1.33. The SMILES string of the molecule is C=CCNC(=O)c1snnc1C(F)F. The van der Waals surface area contributed by atoms with Crippen LogP contribution in [0.1, 0.15) is 21.8 Å². The summed E-state index contributed by atoms with van der Waals surface area (Å²) in [7, 11) is 0. The maximum absolute atomic E-state index is 12.2. The molecule has 0 saturated heterocycles. The maximum atomic E-state index is 12.2. The Morgan fingerprint density at radius 1 is 1.71 bits per heavy atom. The molecular weight excluding hydrogens is 212 g/mol. The van der Waals surface area contributed by atoms with Gasteiger partial charge >= 0.3 is 0 Å². The smallest absolute Gasteiger partial charge is 0.283 e. The number of carbonyl (C=O) groups is 1. The molecule has 1 N–H and O–H groups in total. The topological polar surface area (TPSA) is 54.9 Å². The van der Waals surface area contributed by atoms with Crippen molar-refractivity contribution in [3.8, 4) is 0 Å². The molecule has 0 aliphatic rings. The third kappa shape index (κ3) is 2.32. The van der Waals surface area contributed by atoms with Gasteiger partial charge in [-0.3, -0.25) is 4.79 Å². The van der Waals surface area contributed by atoms with Crippen LogP contribution in [0.3, 0.4) is 0 Å². The maximum Gasteiger partial charge on any atom is 0.283 e. The van der Waals surface area contributed by atoms with Crippen LogP contribution >= 0.6 is 11.5 Å². The van der Waals surface area contributed by atoms with Gasteiger partial charge < -0.3 is 5.32 Å². The quantitative estimate of drug-likeness (QED) is 0.778. The van der Waals surface area contributed by atoms with Gasteiger partial charge in [0, 0.05) is 6.54 Å². The lowest BCUT2D eigenvalue weighted by Gasteiger charge is -2.00. The zero-order valence-electron chi connectivity index (χ0n) is 7.04. The van der Waals surface area contributed by atoms with Crippen molar-refractivity contribution in [3.63, 3.8) is 0 Å². The second-order valence-electron chi connectivity index (χ2n) is 2.29. The number of amides is 1. The number of carbonyl (C=O) groups excluding carboxylic acids is 1. The molecule has 0 fully saturated rings. The van der Waals surface area contributed by atoms with Crippen molar-refractivity contribution in [3.05, 3.63) is 23.2 Å². The van der Waals surface area contributed by atoms with Crippen LogP contribution < -0.4 is 5.32 Å². The van der Waals surface area contributed by atoms with Gasteiger partial charge in [-0.05, 0) is 11.5 Å². The first-order valence-corrected chi connectivity index (χ1v) is 4.43. The summed E-state index contributed by atoms with van der Waals surface area (Å²) in [5.41, 5.74) is -0.573. The van der Waals surface area contributed by atoms with Crippen molar-refractivity contribution in [2.75, 3.05) is 6.54 Å². The summed E-state index contributed by atoms with van der Waals surface area (Å²) in [6.45, 7) is 3.60. The molecule has 1 amide bonds. The molecule has 0 radical (unpaired) electrons. The van der Waals surface area contributed by atoms with Gasteiger partial charge in [0.15, 0.2) is 5.69 Å². The van der Waals surface area contributed by atoms with Crippen LogP contribution in [0, 0.1) is 0 Å². The summed E-state index contributed by atoms with van der Waals surface area (Å²) in [5.74, 6) is -0.602. The molecule has 76 valence electrons. The molecule has 14 heavy (non-hydrogen) atoms. The van der Waals surface area contributed by atoms with Crippen LogP contribution in [0.25, 0.3) is 0 Å². The predicted octanol–water partition coefficient (Wildman–Crippen LogP) is 1.39. The minimum Gasteiger partial charge on any atom is -0.348 e. The number of rotatable bonds is 4. The average molecular weight is 219 g/mol. The van der Waals surface area contributed by atoms with E-state index in [0.29, 0.717) is 11.5 Å². The van der Waals surface area contributed by atoms with Crippen molar-refractivity contribution < 1.29 is 13.6 Å². The zero-order chi connectivity index (χ0) is 10.6. The van der Waals surface area contributed by atoms with E-state index in [-0.39, 0.29) is 11.4 Å². The van der Waals surface area contributed by atoms with Crippen LogP contribution in [-0.4, -0.2) is 22.0 Å². The van der Waals surface area contributed by atoms with Gasteiger partial charge in [-0.25, -0.2) is 8.78 Å². The van der Waals surface area contributed by atoms with Gasteiger partial charge in [-0.1, -0.05) is 10.6 Å². The Bertz CT molecular complexity index is 339. The molecule has 0 aromatic carbocycles. The van der Waals surface area contributed by atoms with E-state index >= 15 is 0 Å². The lowest BCUT2D eigenvalue weighted by atomic mass is 10.3. The zero-order valence-corrected chi connectivity index (χ0v) is 7.85. The molecule has 4 nitrogen and oxygen atoms in total. The van der Waals surface area contributed by atoms with Gasteiger partial charge in [-0.2, -0.15) is 0 Å². The number of nitrogens with one attached hydrogen (secondary N) is 1. The summed E-state index contributed by atoms with van der Waals surface area (Å²) in [6.07, 6.45) is -1.33. The molecule has 1 aromatic heterocycles. The Balaban J connectivity index is 2.78. The molecule has 1 aromatic rings. The Morgan fingerprint density at radius 2 is 2.43 bits per heavy atom. The van der Waals surface area contributed by atoms with Crippen LogP contribution in [-0.2, 0) is 0 Å². The largest absolute Gasteiger partial charge is 0.348 e.